The quantitative estimate of drug-likeness (QED) is 0.520. The van der Waals surface area contributed by atoms with Gasteiger partial charge in [-0.25, -0.2) is 9.59 Å². The van der Waals surface area contributed by atoms with Gasteiger partial charge in [0.1, 0.15) is 9.88 Å². The van der Waals surface area contributed by atoms with Gasteiger partial charge in [-0.15, -0.1) is 23.1 Å². The minimum absolute atomic E-state index is 0.133. The summed E-state index contributed by atoms with van der Waals surface area (Å²) in [6.45, 7) is 3.48. The molecule has 0 saturated carbocycles. The predicted molar refractivity (Wildman–Crippen MR) is 107 cm³/mol. The minimum atomic E-state index is -0.595. The highest BCUT2D eigenvalue weighted by atomic mass is 35.5. The van der Waals surface area contributed by atoms with E-state index in [4.69, 9.17) is 21.1 Å². The molecule has 1 N–H and O–H groups in total. The highest BCUT2D eigenvalue weighted by molar-refractivity contribution is 8.00. The normalized spacial score (nSPS) is 10.4. The lowest BCUT2D eigenvalue weighted by Crippen LogP contribution is -2.16. The molecule has 1 heterocycles. The van der Waals surface area contributed by atoms with Crippen LogP contribution in [0, 0.1) is 6.92 Å². The van der Waals surface area contributed by atoms with Crippen LogP contribution in [0.2, 0.25) is 5.02 Å². The molecular formula is C18H18ClNO5S2. The third kappa shape index (κ3) is 5.47. The van der Waals surface area contributed by atoms with Crippen molar-refractivity contribution in [1.29, 1.82) is 0 Å². The Hall–Kier alpha value is -2.03. The van der Waals surface area contributed by atoms with Crippen LogP contribution >= 0.6 is 34.7 Å². The van der Waals surface area contributed by atoms with Crippen molar-refractivity contribution in [2.24, 2.45) is 0 Å². The number of methoxy groups -OCH3 is 1. The van der Waals surface area contributed by atoms with Crippen LogP contribution in [0.1, 0.15) is 32.5 Å². The molecule has 1 amide bonds. The van der Waals surface area contributed by atoms with E-state index in [1.165, 1.54) is 18.9 Å². The van der Waals surface area contributed by atoms with Crippen molar-refractivity contribution in [2.45, 2.75) is 18.7 Å². The lowest BCUT2D eigenvalue weighted by Gasteiger charge is -2.07. The molecule has 144 valence electrons. The van der Waals surface area contributed by atoms with Gasteiger partial charge in [-0.05, 0) is 43.7 Å². The van der Waals surface area contributed by atoms with Crippen LogP contribution in [0.3, 0.4) is 0 Å². The first-order chi connectivity index (χ1) is 12.9. The second kappa shape index (κ2) is 9.77. The molecule has 0 aliphatic heterocycles. The number of hydrogen-bond acceptors (Lipinski definition) is 7. The third-order valence-corrected chi connectivity index (χ3v) is 5.88. The Balaban J connectivity index is 2.17. The first-order valence-electron chi connectivity index (χ1n) is 7.94. The molecule has 27 heavy (non-hydrogen) atoms. The van der Waals surface area contributed by atoms with E-state index in [-0.39, 0.29) is 33.7 Å². The summed E-state index contributed by atoms with van der Waals surface area (Å²) >= 11 is 8.16. The van der Waals surface area contributed by atoms with Crippen LogP contribution in [-0.4, -0.2) is 37.3 Å². The van der Waals surface area contributed by atoms with E-state index >= 15 is 0 Å². The Morgan fingerprint density at radius 3 is 2.44 bits per heavy atom. The Kier molecular flexibility index (Phi) is 7.70. The molecule has 0 bridgehead atoms. The van der Waals surface area contributed by atoms with E-state index in [1.807, 2.05) is 12.1 Å². The summed E-state index contributed by atoms with van der Waals surface area (Å²) in [7, 11) is 1.26. The molecule has 0 unspecified atom stereocenters. The summed E-state index contributed by atoms with van der Waals surface area (Å²) in [6, 6.07) is 7.11. The van der Waals surface area contributed by atoms with Gasteiger partial charge in [-0.2, -0.15) is 0 Å². The maximum atomic E-state index is 12.3. The van der Waals surface area contributed by atoms with Gasteiger partial charge >= 0.3 is 11.9 Å². The molecule has 9 heteroatoms. The number of thioether (sulfide) groups is 1. The van der Waals surface area contributed by atoms with E-state index < -0.39 is 11.9 Å². The van der Waals surface area contributed by atoms with Crippen molar-refractivity contribution in [3.05, 3.63) is 45.3 Å². The lowest BCUT2D eigenvalue weighted by molar-refractivity contribution is -0.113. The maximum Gasteiger partial charge on any atom is 0.348 e. The van der Waals surface area contributed by atoms with Crippen molar-refractivity contribution in [1.82, 2.24) is 0 Å². The first-order valence-corrected chi connectivity index (χ1v) is 10.1. The summed E-state index contributed by atoms with van der Waals surface area (Å²) in [5, 5.41) is 3.58. The van der Waals surface area contributed by atoms with Gasteiger partial charge in [-0.3, -0.25) is 4.79 Å². The fraction of sp³-hybridized carbons (Fsp3) is 0.278. The van der Waals surface area contributed by atoms with E-state index in [0.717, 1.165) is 16.2 Å². The van der Waals surface area contributed by atoms with E-state index in [9.17, 15) is 14.4 Å². The molecular weight excluding hydrogens is 410 g/mol. The Morgan fingerprint density at radius 2 is 1.85 bits per heavy atom. The average molecular weight is 428 g/mol. The summed E-state index contributed by atoms with van der Waals surface area (Å²) < 4.78 is 9.78. The SMILES string of the molecule is CCOC(=O)c1c(NC(=O)CSc2ccc(Cl)cc2)sc(C(=O)OC)c1C. The fourth-order valence-corrected chi connectivity index (χ4v) is 4.13. The Labute approximate surface area is 170 Å². The third-order valence-electron chi connectivity index (χ3n) is 3.43. The summed E-state index contributed by atoms with van der Waals surface area (Å²) in [4.78, 5) is 37.6. The lowest BCUT2D eigenvalue weighted by atomic mass is 10.1. The number of thiophene rings is 1. The predicted octanol–water partition coefficient (Wildman–Crippen LogP) is 4.40. The van der Waals surface area contributed by atoms with Gasteiger partial charge in [0.15, 0.2) is 0 Å². The fourth-order valence-electron chi connectivity index (χ4n) is 2.18. The van der Waals surface area contributed by atoms with Gasteiger partial charge in [0, 0.05) is 9.92 Å². The molecule has 2 aromatic rings. The van der Waals surface area contributed by atoms with Crippen LogP contribution in [0.5, 0.6) is 0 Å². The number of anilines is 1. The van der Waals surface area contributed by atoms with Gasteiger partial charge in [0.25, 0.3) is 0 Å². The number of amides is 1. The standard InChI is InChI=1S/C18H18ClNO5S2/c1-4-25-17(22)14-10(2)15(18(23)24-3)27-16(14)20-13(21)9-26-12-7-5-11(19)6-8-12/h5-8H,4,9H2,1-3H3,(H,20,21). The van der Waals surface area contributed by atoms with Crippen molar-refractivity contribution < 1.29 is 23.9 Å². The van der Waals surface area contributed by atoms with Crippen molar-refractivity contribution in [3.63, 3.8) is 0 Å². The number of carbonyl (C=O) groups is 3. The maximum absolute atomic E-state index is 12.3. The molecule has 6 nitrogen and oxygen atoms in total. The van der Waals surface area contributed by atoms with Gasteiger partial charge in [-0.1, -0.05) is 11.6 Å². The number of esters is 2. The minimum Gasteiger partial charge on any atom is -0.465 e. The number of nitrogens with one attached hydrogen (secondary N) is 1. The summed E-state index contributed by atoms with van der Waals surface area (Å²) in [6.07, 6.45) is 0. The van der Waals surface area contributed by atoms with Crippen molar-refractivity contribution in [3.8, 4) is 0 Å². The van der Waals surface area contributed by atoms with Gasteiger partial charge in [0.05, 0.1) is 25.0 Å². The number of hydrogen-bond donors (Lipinski definition) is 1. The van der Waals surface area contributed by atoms with Crippen LogP contribution in [0.25, 0.3) is 0 Å². The average Bonchev–Trinajstić information content (AvgIpc) is 2.96. The van der Waals surface area contributed by atoms with E-state index in [2.05, 4.69) is 5.32 Å². The Morgan fingerprint density at radius 1 is 1.19 bits per heavy atom. The number of carbonyl (C=O) groups excluding carboxylic acids is 3. The van der Waals surface area contributed by atoms with Crippen LogP contribution in [0.15, 0.2) is 29.2 Å². The van der Waals surface area contributed by atoms with Crippen LogP contribution < -0.4 is 5.32 Å². The topological polar surface area (TPSA) is 81.7 Å². The number of ether oxygens (including phenoxy) is 2. The van der Waals surface area contributed by atoms with Gasteiger partial charge < -0.3 is 14.8 Å². The second-order valence-corrected chi connectivity index (χ2v) is 7.77. The molecule has 0 saturated heterocycles. The van der Waals surface area contributed by atoms with Crippen LogP contribution in [-0.2, 0) is 14.3 Å². The summed E-state index contributed by atoms with van der Waals surface area (Å²) in [5.41, 5.74) is 0.595. The highest BCUT2D eigenvalue weighted by Crippen LogP contribution is 2.34. The first kappa shape index (κ1) is 21.3. The highest BCUT2D eigenvalue weighted by Gasteiger charge is 2.27. The second-order valence-electron chi connectivity index (χ2n) is 5.26. The number of benzene rings is 1. The Bertz CT molecular complexity index is 848. The number of rotatable bonds is 7. The van der Waals surface area contributed by atoms with E-state index in [1.54, 1.807) is 26.0 Å². The molecule has 0 aliphatic carbocycles. The molecule has 0 fully saturated rings. The number of halogens is 1. The largest absolute Gasteiger partial charge is 0.465 e. The zero-order valence-corrected chi connectivity index (χ0v) is 17.3. The molecule has 1 aromatic carbocycles. The molecule has 0 radical (unpaired) electrons. The van der Waals surface area contributed by atoms with Gasteiger partial charge in [0.2, 0.25) is 5.91 Å². The zero-order chi connectivity index (χ0) is 20.0. The molecule has 1 aromatic heterocycles. The molecule has 0 aliphatic rings. The smallest absolute Gasteiger partial charge is 0.348 e. The zero-order valence-electron chi connectivity index (χ0n) is 15.0. The summed E-state index contributed by atoms with van der Waals surface area (Å²) in [5.74, 6) is -1.34. The molecule has 0 atom stereocenters. The monoisotopic (exact) mass is 427 g/mol. The van der Waals surface area contributed by atoms with Crippen LogP contribution in [0.4, 0.5) is 5.00 Å². The molecule has 2 rings (SSSR count). The van der Waals surface area contributed by atoms with Crippen molar-refractivity contribution >= 4 is 57.5 Å². The molecule has 0 spiro atoms. The van der Waals surface area contributed by atoms with E-state index in [0.29, 0.717) is 10.6 Å². The van der Waals surface area contributed by atoms with Crippen molar-refractivity contribution in [2.75, 3.05) is 24.8 Å².